The first-order chi connectivity index (χ1) is 13.9. The van der Waals surface area contributed by atoms with E-state index in [0.717, 1.165) is 11.4 Å². The second-order valence-corrected chi connectivity index (χ2v) is 6.96. The fourth-order valence-corrected chi connectivity index (χ4v) is 3.38. The lowest BCUT2D eigenvalue weighted by Crippen LogP contribution is -2.39. The monoisotopic (exact) mass is 419 g/mol. The molecule has 2 aromatic heterocycles. The van der Waals surface area contributed by atoms with Gasteiger partial charge in [0.25, 0.3) is 0 Å². The van der Waals surface area contributed by atoms with Crippen LogP contribution >= 0.6 is 11.6 Å². The summed E-state index contributed by atoms with van der Waals surface area (Å²) >= 11 is 5.81. The Balaban J connectivity index is 1.64. The fourth-order valence-electron chi connectivity index (χ4n) is 3.20. The minimum absolute atomic E-state index is 0.0712. The molecular weight excluding hydrogens is 405 g/mol. The minimum Gasteiger partial charge on any atom is -0.481 e. The first-order valence-corrected chi connectivity index (χ1v) is 9.11. The van der Waals surface area contributed by atoms with Crippen molar-refractivity contribution in [2.45, 2.75) is 31.8 Å². The molecule has 3 aromatic rings. The van der Waals surface area contributed by atoms with E-state index in [-0.39, 0.29) is 42.0 Å². The molecule has 1 aliphatic rings. The van der Waals surface area contributed by atoms with Gasteiger partial charge in [0.05, 0.1) is 35.7 Å². The van der Waals surface area contributed by atoms with Gasteiger partial charge in [0.2, 0.25) is 17.6 Å². The van der Waals surface area contributed by atoms with Gasteiger partial charge < -0.3 is 19.5 Å². The second-order valence-electron chi connectivity index (χ2n) is 6.55. The van der Waals surface area contributed by atoms with Crippen molar-refractivity contribution >= 4 is 23.5 Å². The van der Waals surface area contributed by atoms with Crippen LogP contribution in [0.15, 0.2) is 29.0 Å². The number of imidazole rings is 1. The zero-order chi connectivity index (χ0) is 20.5. The van der Waals surface area contributed by atoms with Gasteiger partial charge >= 0.3 is 5.97 Å². The number of fused-ring (bicyclic) bond motifs is 1. The second kappa shape index (κ2) is 7.63. The molecular formula is C18H15ClFN5O4. The van der Waals surface area contributed by atoms with Gasteiger partial charge in [-0.2, -0.15) is 4.98 Å². The van der Waals surface area contributed by atoms with Crippen molar-refractivity contribution in [3.63, 3.8) is 0 Å². The van der Waals surface area contributed by atoms with Gasteiger partial charge in [-0.1, -0.05) is 16.8 Å². The molecule has 0 saturated carbocycles. The number of rotatable bonds is 5. The Morgan fingerprint density at radius 2 is 2.21 bits per heavy atom. The average Bonchev–Trinajstić information content (AvgIpc) is 3.36. The van der Waals surface area contributed by atoms with E-state index in [1.54, 1.807) is 0 Å². The van der Waals surface area contributed by atoms with Crippen molar-refractivity contribution in [2.75, 3.05) is 0 Å². The van der Waals surface area contributed by atoms with Gasteiger partial charge in [0.1, 0.15) is 11.9 Å². The molecule has 1 aliphatic heterocycles. The van der Waals surface area contributed by atoms with E-state index in [4.69, 9.17) is 21.2 Å². The molecule has 150 valence electrons. The quantitative estimate of drug-likeness (QED) is 0.651. The van der Waals surface area contributed by atoms with Crippen LogP contribution in [0.4, 0.5) is 4.39 Å². The van der Waals surface area contributed by atoms with Gasteiger partial charge in [0, 0.05) is 18.4 Å². The van der Waals surface area contributed by atoms with E-state index in [0.29, 0.717) is 12.0 Å². The SMILES string of the molecule is O=C(O)CCC(=O)N1Cc2[nH]cnc2C[C@H]1c1nc(-c2ccc(F)c(Cl)c2)no1. The highest BCUT2D eigenvalue weighted by Gasteiger charge is 2.36. The van der Waals surface area contributed by atoms with E-state index < -0.39 is 17.8 Å². The summed E-state index contributed by atoms with van der Waals surface area (Å²) < 4.78 is 18.8. The Bertz CT molecular complexity index is 1080. The van der Waals surface area contributed by atoms with Crippen LogP contribution in [0.1, 0.15) is 36.2 Å². The molecule has 1 aromatic carbocycles. The van der Waals surface area contributed by atoms with Gasteiger partial charge in [0.15, 0.2) is 0 Å². The Morgan fingerprint density at radius 1 is 1.38 bits per heavy atom. The number of nitrogens with one attached hydrogen (secondary N) is 1. The van der Waals surface area contributed by atoms with Crippen molar-refractivity contribution in [1.29, 1.82) is 0 Å². The van der Waals surface area contributed by atoms with E-state index >= 15 is 0 Å². The third-order valence-electron chi connectivity index (χ3n) is 4.68. The summed E-state index contributed by atoms with van der Waals surface area (Å²) in [5.41, 5.74) is 2.00. The summed E-state index contributed by atoms with van der Waals surface area (Å²) in [7, 11) is 0. The van der Waals surface area contributed by atoms with Crippen LogP contribution < -0.4 is 0 Å². The molecule has 1 amide bonds. The number of carbonyl (C=O) groups is 2. The smallest absolute Gasteiger partial charge is 0.303 e. The van der Waals surface area contributed by atoms with Gasteiger partial charge in [-0.05, 0) is 18.2 Å². The van der Waals surface area contributed by atoms with Gasteiger partial charge in [-0.3, -0.25) is 9.59 Å². The number of aliphatic carboxylic acids is 1. The van der Waals surface area contributed by atoms with Gasteiger partial charge in [-0.15, -0.1) is 0 Å². The number of carbonyl (C=O) groups excluding carboxylic acids is 1. The molecule has 29 heavy (non-hydrogen) atoms. The molecule has 0 unspecified atom stereocenters. The van der Waals surface area contributed by atoms with Crippen LogP contribution in [-0.4, -0.2) is 42.0 Å². The number of H-pyrrole nitrogens is 1. The number of hydrogen-bond donors (Lipinski definition) is 2. The third-order valence-corrected chi connectivity index (χ3v) is 4.97. The van der Waals surface area contributed by atoms with Crippen molar-refractivity contribution in [3.05, 3.63) is 52.6 Å². The molecule has 4 rings (SSSR count). The van der Waals surface area contributed by atoms with E-state index in [1.807, 2.05) is 0 Å². The molecule has 0 spiro atoms. The van der Waals surface area contributed by atoms with Crippen LogP contribution in [0.2, 0.25) is 5.02 Å². The molecule has 0 aliphatic carbocycles. The third kappa shape index (κ3) is 3.83. The molecule has 0 radical (unpaired) electrons. The Kier molecular flexibility index (Phi) is 5.01. The fraction of sp³-hybridized carbons (Fsp3) is 0.278. The standard InChI is InChI=1S/C18H15ClFN5O4/c19-10-5-9(1-2-11(10)20)17-23-18(29-24-17)14-6-12-13(22-8-21-12)7-25(14)15(26)3-4-16(27)28/h1-2,5,8,14H,3-4,6-7H2,(H,21,22)(H,27,28)/t14-/m0/s1. The van der Waals surface area contributed by atoms with Crippen LogP contribution in [0.5, 0.6) is 0 Å². The van der Waals surface area contributed by atoms with Crippen molar-refractivity contribution in [2.24, 2.45) is 0 Å². The summed E-state index contributed by atoms with van der Waals surface area (Å²) in [4.78, 5) is 36.6. The zero-order valence-corrected chi connectivity index (χ0v) is 15.7. The summed E-state index contributed by atoms with van der Waals surface area (Å²) in [6.45, 7) is 0.221. The Morgan fingerprint density at radius 3 is 2.97 bits per heavy atom. The highest BCUT2D eigenvalue weighted by Crippen LogP contribution is 2.33. The lowest BCUT2D eigenvalue weighted by molar-refractivity contribution is -0.142. The van der Waals surface area contributed by atoms with Crippen LogP contribution in [0.3, 0.4) is 0 Å². The number of hydrogen-bond acceptors (Lipinski definition) is 6. The number of nitrogens with zero attached hydrogens (tertiary/aromatic N) is 4. The Hall–Kier alpha value is -3.27. The van der Waals surface area contributed by atoms with E-state index in [9.17, 15) is 14.0 Å². The molecule has 11 heteroatoms. The van der Waals surface area contributed by atoms with Crippen molar-refractivity contribution in [1.82, 2.24) is 25.0 Å². The van der Waals surface area contributed by atoms with Crippen LogP contribution in [0, 0.1) is 5.82 Å². The minimum atomic E-state index is -1.05. The molecule has 0 fully saturated rings. The molecule has 1 atom stereocenters. The molecule has 0 saturated heterocycles. The largest absolute Gasteiger partial charge is 0.481 e. The number of carboxylic acid groups (broad SMARTS) is 1. The first kappa shape index (κ1) is 19.1. The number of amides is 1. The topological polar surface area (TPSA) is 125 Å². The number of carboxylic acids is 1. The maximum absolute atomic E-state index is 13.4. The lowest BCUT2D eigenvalue weighted by Gasteiger charge is -2.32. The maximum atomic E-state index is 13.4. The van der Waals surface area contributed by atoms with E-state index in [2.05, 4.69) is 20.1 Å². The van der Waals surface area contributed by atoms with Crippen LogP contribution in [-0.2, 0) is 22.6 Å². The van der Waals surface area contributed by atoms with Crippen LogP contribution in [0.25, 0.3) is 11.4 Å². The molecule has 2 N–H and O–H groups in total. The zero-order valence-electron chi connectivity index (χ0n) is 14.9. The van der Waals surface area contributed by atoms with Gasteiger partial charge in [-0.25, -0.2) is 9.37 Å². The highest BCUT2D eigenvalue weighted by atomic mass is 35.5. The number of halogens is 2. The normalized spacial score (nSPS) is 15.9. The summed E-state index contributed by atoms with van der Waals surface area (Å²) in [6.07, 6.45) is 1.45. The number of aromatic nitrogens is 4. The summed E-state index contributed by atoms with van der Waals surface area (Å²) in [5.74, 6) is -1.58. The molecule has 0 bridgehead atoms. The molecule has 3 heterocycles. The predicted molar refractivity (Wildman–Crippen MR) is 97.2 cm³/mol. The first-order valence-electron chi connectivity index (χ1n) is 8.74. The number of aromatic amines is 1. The predicted octanol–water partition coefficient (Wildman–Crippen LogP) is 2.74. The lowest BCUT2D eigenvalue weighted by atomic mass is 10.0. The summed E-state index contributed by atoms with van der Waals surface area (Å²) in [5, 5.41) is 12.7. The summed E-state index contributed by atoms with van der Waals surface area (Å²) in [6, 6.07) is 3.46. The van der Waals surface area contributed by atoms with E-state index in [1.165, 1.54) is 29.4 Å². The van der Waals surface area contributed by atoms with Crippen molar-refractivity contribution in [3.8, 4) is 11.4 Å². The maximum Gasteiger partial charge on any atom is 0.303 e. The number of benzene rings is 1. The van der Waals surface area contributed by atoms with Crippen molar-refractivity contribution < 1.29 is 23.6 Å². The molecule has 9 nitrogen and oxygen atoms in total. The Labute approximate surface area is 168 Å². The average molecular weight is 420 g/mol. The highest BCUT2D eigenvalue weighted by molar-refractivity contribution is 6.31.